The number of hydrogen-bond donors (Lipinski definition) is 1. The molecule has 0 saturated carbocycles. The van der Waals surface area contributed by atoms with Gasteiger partial charge in [-0.2, -0.15) is 0 Å². The molecule has 0 aliphatic carbocycles. The monoisotopic (exact) mass is 318 g/mol. The molecule has 0 aliphatic rings. The predicted octanol–water partition coefficient (Wildman–Crippen LogP) is 7.20. The van der Waals surface area contributed by atoms with Crippen molar-refractivity contribution in [1.29, 1.82) is 0 Å². The highest BCUT2D eigenvalue weighted by atomic mass is 16.3. The molecule has 1 rings (SSSR count). The van der Waals surface area contributed by atoms with E-state index in [2.05, 4.69) is 26.0 Å². The van der Waals surface area contributed by atoms with Crippen LogP contribution in [0, 0.1) is 0 Å². The van der Waals surface area contributed by atoms with Crippen LogP contribution in [-0.2, 0) is 12.8 Å². The first-order valence-electron chi connectivity index (χ1n) is 10.1. The molecular formula is C22H38O. The summed E-state index contributed by atoms with van der Waals surface area (Å²) in [5.74, 6) is 0.491. The van der Waals surface area contributed by atoms with Crippen molar-refractivity contribution < 1.29 is 5.11 Å². The number of hydrogen-bond acceptors (Lipinski definition) is 1. The van der Waals surface area contributed by atoms with Gasteiger partial charge >= 0.3 is 0 Å². The molecule has 0 amide bonds. The van der Waals surface area contributed by atoms with Crippen LogP contribution in [0.3, 0.4) is 0 Å². The molecule has 0 heterocycles. The molecule has 1 N–H and O–H groups in total. The van der Waals surface area contributed by atoms with E-state index < -0.39 is 0 Å². The lowest BCUT2D eigenvalue weighted by atomic mass is 9.99. The highest BCUT2D eigenvalue weighted by molar-refractivity contribution is 5.36. The number of unbranched alkanes of at least 4 members (excludes halogenated alkanes) is 10. The fourth-order valence-corrected chi connectivity index (χ4v) is 3.20. The number of rotatable bonds is 14. The molecule has 1 nitrogen and oxygen atoms in total. The van der Waals surface area contributed by atoms with E-state index in [4.69, 9.17) is 0 Å². The maximum Gasteiger partial charge on any atom is 0.118 e. The fourth-order valence-electron chi connectivity index (χ4n) is 3.20. The Bertz CT molecular complexity index is 397. The van der Waals surface area contributed by atoms with Crippen LogP contribution in [0.5, 0.6) is 5.75 Å². The Morgan fingerprint density at radius 3 is 1.83 bits per heavy atom. The molecule has 23 heavy (non-hydrogen) atoms. The summed E-state index contributed by atoms with van der Waals surface area (Å²) in [6.07, 6.45) is 18.2. The first-order chi connectivity index (χ1) is 11.3. The van der Waals surface area contributed by atoms with Gasteiger partial charge in [0.2, 0.25) is 0 Å². The van der Waals surface area contributed by atoms with Gasteiger partial charge in [0.05, 0.1) is 0 Å². The second kappa shape index (κ2) is 13.5. The zero-order valence-corrected chi connectivity index (χ0v) is 15.6. The summed E-state index contributed by atoms with van der Waals surface area (Å²) in [5.41, 5.74) is 2.55. The summed E-state index contributed by atoms with van der Waals surface area (Å²) in [6, 6.07) is 6.23. The zero-order valence-electron chi connectivity index (χ0n) is 15.6. The number of aromatic hydroxyl groups is 1. The Kier molecular flexibility index (Phi) is 11.7. The molecule has 1 aromatic rings. The number of benzene rings is 1. The van der Waals surface area contributed by atoms with Gasteiger partial charge in [0.1, 0.15) is 5.75 Å². The molecule has 1 aromatic carbocycles. The third-order valence-electron chi connectivity index (χ3n) is 4.76. The number of phenols is 1. The average molecular weight is 319 g/mol. The summed E-state index contributed by atoms with van der Waals surface area (Å²) >= 11 is 0. The van der Waals surface area contributed by atoms with Gasteiger partial charge in [-0.15, -0.1) is 0 Å². The zero-order chi connectivity index (χ0) is 16.8. The van der Waals surface area contributed by atoms with E-state index >= 15 is 0 Å². The lowest BCUT2D eigenvalue weighted by molar-refractivity contribution is 0.465. The third kappa shape index (κ3) is 9.69. The summed E-state index contributed by atoms with van der Waals surface area (Å²) in [4.78, 5) is 0. The van der Waals surface area contributed by atoms with Crippen LogP contribution in [0.15, 0.2) is 18.2 Å². The summed E-state index contributed by atoms with van der Waals surface area (Å²) in [7, 11) is 0. The quantitative estimate of drug-likeness (QED) is 0.360. The molecular weight excluding hydrogens is 280 g/mol. The minimum Gasteiger partial charge on any atom is -0.508 e. The smallest absolute Gasteiger partial charge is 0.118 e. The van der Waals surface area contributed by atoms with Crippen LogP contribution in [0.1, 0.15) is 102 Å². The molecule has 0 aliphatic heterocycles. The van der Waals surface area contributed by atoms with Crippen molar-refractivity contribution in [2.75, 3.05) is 0 Å². The van der Waals surface area contributed by atoms with Crippen LogP contribution in [0.2, 0.25) is 0 Å². The first kappa shape index (κ1) is 20.1. The topological polar surface area (TPSA) is 20.2 Å². The van der Waals surface area contributed by atoms with Crippen molar-refractivity contribution >= 4 is 0 Å². The molecule has 0 radical (unpaired) electrons. The van der Waals surface area contributed by atoms with E-state index in [-0.39, 0.29) is 0 Å². The van der Waals surface area contributed by atoms with Gasteiger partial charge < -0.3 is 5.11 Å². The number of aryl methyl sites for hydroxylation is 2. The Morgan fingerprint density at radius 1 is 0.652 bits per heavy atom. The van der Waals surface area contributed by atoms with Crippen LogP contribution in [0.4, 0.5) is 0 Å². The maximum absolute atomic E-state index is 10.0. The van der Waals surface area contributed by atoms with Crippen molar-refractivity contribution in [2.45, 2.75) is 104 Å². The fraction of sp³-hybridized carbons (Fsp3) is 0.727. The standard InChI is InChI=1S/C22H38O/c1-3-5-7-9-10-11-12-14-16-21-19-20(17-18-22(21)23)15-13-8-6-4-2/h17-19,23H,3-16H2,1-2H3. The van der Waals surface area contributed by atoms with E-state index in [0.717, 1.165) is 18.4 Å². The second-order valence-electron chi connectivity index (χ2n) is 7.00. The van der Waals surface area contributed by atoms with Crippen molar-refractivity contribution in [3.63, 3.8) is 0 Å². The van der Waals surface area contributed by atoms with Gasteiger partial charge in [-0.25, -0.2) is 0 Å². The predicted molar refractivity (Wildman–Crippen MR) is 102 cm³/mol. The summed E-state index contributed by atoms with van der Waals surface area (Å²) in [6.45, 7) is 4.52. The van der Waals surface area contributed by atoms with Gasteiger partial charge in [0.25, 0.3) is 0 Å². The van der Waals surface area contributed by atoms with Crippen molar-refractivity contribution in [3.05, 3.63) is 29.3 Å². The Labute approximate surface area is 144 Å². The molecule has 0 aromatic heterocycles. The lowest BCUT2D eigenvalue weighted by Crippen LogP contribution is -1.92. The Balaban J connectivity index is 2.21. The SMILES string of the molecule is CCCCCCCCCCc1cc(CCCCCC)ccc1O. The van der Waals surface area contributed by atoms with Crippen LogP contribution >= 0.6 is 0 Å². The van der Waals surface area contributed by atoms with Gasteiger partial charge in [-0.3, -0.25) is 0 Å². The highest BCUT2D eigenvalue weighted by Gasteiger charge is 2.03. The Hall–Kier alpha value is -0.980. The maximum atomic E-state index is 10.0. The molecule has 0 saturated heterocycles. The highest BCUT2D eigenvalue weighted by Crippen LogP contribution is 2.22. The average Bonchev–Trinajstić information content (AvgIpc) is 2.56. The molecule has 1 heteroatoms. The largest absolute Gasteiger partial charge is 0.508 e. The minimum absolute atomic E-state index is 0.491. The molecule has 0 bridgehead atoms. The molecule has 0 fully saturated rings. The van der Waals surface area contributed by atoms with Gasteiger partial charge in [0.15, 0.2) is 0 Å². The normalized spacial score (nSPS) is 11.0. The van der Waals surface area contributed by atoms with Crippen molar-refractivity contribution in [2.24, 2.45) is 0 Å². The minimum atomic E-state index is 0.491. The summed E-state index contributed by atoms with van der Waals surface area (Å²) in [5, 5.41) is 10.0. The molecule has 0 atom stereocenters. The lowest BCUT2D eigenvalue weighted by Gasteiger charge is -2.08. The van der Waals surface area contributed by atoms with Crippen LogP contribution in [-0.4, -0.2) is 5.11 Å². The van der Waals surface area contributed by atoms with E-state index in [0.29, 0.717) is 5.75 Å². The van der Waals surface area contributed by atoms with Crippen molar-refractivity contribution in [1.82, 2.24) is 0 Å². The Morgan fingerprint density at radius 2 is 1.17 bits per heavy atom. The third-order valence-corrected chi connectivity index (χ3v) is 4.76. The van der Waals surface area contributed by atoms with E-state index in [1.807, 2.05) is 6.07 Å². The van der Waals surface area contributed by atoms with Crippen LogP contribution in [0.25, 0.3) is 0 Å². The van der Waals surface area contributed by atoms with Crippen LogP contribution < -0.4 is 0 Å². The molecule has 0 spiro atoms. The van der Waals surface area contributed by atoms with E-state index in [1.165, 1.54) is 82.6 Å². The van der Waals surface area contributed by atoms with Gasteiger partial charge in [0, 0.05) is 0 Å². The van der Waals surface area contributed by atoms with Gasteiger partial charge in [-0.05, 0) is 42.9 Å². The molecule has 0 unspecified atom stereocenters. The summed E-state index contributed by atoms with van der Waals surface area (Å²) < 4.78 is 0. The second-order valence-corrected chi connectivity index (χ2v) is 7.00. The molecule has 132 valence electrons. The van der Waals surface area contributed by atoms with Gasteiger partial charge in [-0.1, -0.05) is 90.2 Å². The van der Waals surface area contributed by atoms with Crippen molar-refractivity contribution in [3.8, 4) is 5.75 Å². The van der Waals surface area contributed by atoms with E-state index in [9.17, 15) is 5.11 Å². The first-order valence-corrected chi connectivity index (χ1v) is 10.1. The van der Waals surface area contributed by atoms with E-state index in [1.54, 1.807) is 0 Å². The number of phenolic OH excluding ortho intramolecular Hbond substituents is 1.